The third kappa shape index (κ3) is 4.61. The summed E-state index contributed by atoms with van der Waals surface area (Å²) in [6, 6.07) is 15.4. The summed E-state index contributed by atoms with van der Waals surface area (Å²) >= 11 is 2.75. The van der Waals surface area contributed by atoms with Crippen molar-refractivity contribution in [2.24, 2.45) is 4.99 Å². The van der Waals surface area contributed by atoms with E-state index >= 15 is 0 Å². The van der Waals surface area contributed by atoms with Crippen molar-refractivity contribution in [2.45, 2.75) is 0 Å². The van der Waals surface area contributed by atoms with Gasteiger partial charge >= 0.3 is 0 Å². The van der Waals surface area contributed by atoms with Crippen LogP contribution in [0.2, 0.25) is 0 Å². The molecule has 2 heterocycles. The number of rotatable bonds is 7. The molecule has 8 heteroatoms. The number of amidine groups is 1. The van der Waals surface area contributed by atoms with Gasteiger partial charge in [0.25, 0.3) is 5.91 Å². The van der Waals surface area contributed by atoms with Gasteiger partial charge in [-0.05, 0) is 30.0 Å². The van der Waals surface area contributed by atoms with Crippen molar-refractivity contribution in [2.75, 3.05) is 20.8 Å². The fourth-order valence-corrected chi connectivity index (χ4v) is 4.83. The van der Waals surface area contributed by atoms with Crippen LogP contribution in [0.4, 0.5) is 5.13 Å². The van der Waals surface area contributed by atoms with Crippen LogP contribution < -0.4 is 9.47 Å². The van der Waals surface area contributed by atoms with E-state index < -0.39 is 0 Å². The molecular weight excluding hydrogens is 442 g/mol. The molecule has 1 saturated heterocycles. The monoisotopic (exact) mass is 463 g/mol. The molecule has 162 valence electrons. The number of ether oxygens (including phenoxy) is 2. The first-order valence-electron chi connectivity index (χ1n) is 9.77. The molecule has 0 bridgehead atoms. The number of thioether (sulfide) groups is 1. The minimum Gasteiger partial charge on any atom is -0.497 e. The zero-order chi connectivity index (χ0) is 22.5. The SMILES string of the molecule is C=CCN1C(=O)/C(=C/c2ccc(OC)cc2OC)S/C1=N/c1nc(-c2ccccc2)cs1. The van der Waals surface area contributed by atoms with Crippen LogP contribution in [0.5, 0.6) is 11.5 Å². The van der Waals surface area contributed by atoms with Gasteiger partial charge in [0.05, 0.1) is 24.8 Å². The van der Waals surface area contributed by atoms with Crippen molar-refractivity contribution in [1.29, 1.82) is 0 Å². The van der Waals surface area contributed by atoms with Crippen molar-refractivity contribution >= 4 is 45.4 Å². The van der Waals surface area contributed by atoms with E-state index in [1.165, 1.54) is 23.1 Å². The Bertz CT molecular complexity index is 1200. The molecule has 32 heavy (non-hydrogen) atoms. The maximum atomic E-state index is 13.1. The number of methoxy groups -OCH3 is 2. The molecule has 0 aliphatic carbocycles. The molecule has 0 unspecified atom stereocenters. The Kier molecular flexibility index (Phi) is 6.72. The third-order valence-corrected chi connectivity index (χ3v) is 6.42. The number of thiazole rings is 1. The highest BCUT2D eigenvalue weighted by molar-refractivity contribution is 8.18. The molecule has 3 aromatic rings. The van der Waals surface area contributed by atoms with Crippen molar-refractivity contribution in [1.82, 2.24) is 9.88 Å². The molecule has 0 saturated carbocycles. The topological polar surface area (TPSA) is 64.0 Å². The van der Waals surface area contributed by atoms with Gasteiger partial charge in [0, 0.05) is 29.1 Å². The van der Waals surface area contributed by atoms with Gasteiger partial charge in [-0.15, -0.1) is 17.9 Å². The van der Waals surface area contributed by atoms with E-state index in [9.17, 15) is 4.79 Å². The molecular formula is C24H21N3O3S2. The first-order chi connectivity index (χ1) is 15.6. The van der Waals surface area contributed by atoms with Crippen LogP contribution in [0.1, 0.15) is 5.56 Å². The molecule has 6 nitrogen and oxygen atoms in total. The third-order valence-electron chi connectivity index (χ3n) is 4.68. The summed E-state index contributed by atoms with van der Waals surface area (Å²) < 4.78 is 10.7. The molecule has 1 aliphatic heterocycles. The van der Waals surface area contributed by atoms with Crippen LogP contribution >= 0.6 is 23.1 Å². The number of carbonyl (C=O) groups is 1. The lowest BCUT2D eigenvalue weighted by molar-refractivity contribution is -0.121. The molecule has 0 N–H and O–H groups in total. The molecule has 1 aromatic heterocycles. The lowest BCUT2D eigenvalue weighted by Gasteiger charge is -2.11. The zero-order valence-corrected chi connectivity index (χ0v) is 19.3. The van der Waals surface area contributed by atoms with Gasteiger partial charge in [-0.1, -0.05) is 36.4 Å². The molecule has 2 aromatic carbocycles. The minimum atomic E-state index is -0.133. The largest absolute Gasteiger partial charge is 0.497 e. The van der Waals surface area contributed by atoms with E-state index in [0.29, 0.717) is 33.2 Å². The number of hydrogen-bond donors (Lipinski definition) is 0. The standard InChI is InChI=1S/C24H21N3O3S2/c1-4-12-27-22(28)21(13-17-10-11-18(29-2)14-20(17)30-3)32-24(27)26-23-25-19(15-31-23)16-8-6-5-7-9-16/h4-11,13-15H,1,12H2,2-3H3/b21-13-,26-24+. The molecule has 1 amide bonds. The number of carbonyl (C=O) groups excluding carboxylic acids is 1. The second kappa shape index (κ2) is 9.84. The van der Waals surface area contributed by atoms with Crippen molar-refractivity contribution < 1.29 is 14.3 Å². The van der Waals surface area contributed by atoms with E-state index in [0.717, 1.165) is 16.8 Å². The van der Waals surface area contributed by atoms with E-state index in [1.54, 1.807) is 37.3 Å². The number of benzene rings is 2. The fourth-order valence-electron chi connectivity index (χ4n) is 3.10. The van der Waals surface area contributed by atoms with Crippen LogP contribution in [0, 0.1) is 0 Å². The second-order valence-electron chi connectivity index (χ2n) is 6.70. The smallest absolute Gasteiger partial charge is 0.267 e. The second-order valence-corrected chi connectivity index (χ2v) is 8.54. The Morgan fingerprint density at radius 3 is 2.69 bits per heavy atom. The van der Waals surface area contributed by atoms with Gasteiger partial charge in [-0.2, -0.15) is 4.99 Å². The molecule has 0 radical (unpaired) electrons. The highest BCUT2D eigenvalue weighted by Gasteiger charge is 2.33. The van der Waals surface area contributed by atoms with E-state index in [1.807, 2.05) is 47.8 Å². The van der Waals surface area contributed by atoms with Crippen molar-refractivity contribution in [3.05, 3.63) is 77.0 Å². The molecule has 0 spiro atoms. The van der Waals surface area contributed by atoms with Gasteiger partial charge in [-0.3, -0.25) is 9.69 Å². The Balaban J connectivity index is 1.65. The van der Waals surface area contributed by atoms with Crippen molar-refractivity contribution in [3.8, 4) is 22.8 Å². The summed E-state index contributed by atoms with van der Waals surface area (Å²) in [7, 11) is 3.19. The summed E-state index contributed by atoms with van der Waals surface area (Å²) in [4.78, 5) is 24.5. The van der Waals surface area contributed by atoms with E-state index in [2.05, 4.69) is 16.6 Å². The lowest BCUT2D eigenvalue weighted by atomic mass is 10.1. The van der Waals surface area contributed by atoms with Crippen LogP contribution in [-0.2, 0) is 4.79 Å². The van der Waals surface area contributed by atoms with Crippen LogP contribution in [0.25, 0.3) is 17.3 Å². The van der Waals surface area contributed by atoms with Crippen LogP contribution in [-0.4, -0.2) is 41.7 Å². The number of nitrogens with zero attached hydrogens (tertiary/aromatic N) is 3. The first kappa shape index (κ1) is 21.9. The quantitative estimate of drug-likeness (QED) is 0.336. The van der Waals surface area contributed by atoms with Gasteiger partial charge in [0.2, 0.25) is 5.13 Å². The van der Waals surface area contributed by atoms with Crippen molar-refractivity contribution in [3.63, 3.8) is 0 Å². The Labute approximate surface area is 194 Å². The number of hydrogen-bond acceptors (Lipinski definition) is 7. The first-order valence-corrected chi connectivity index (χ1v) is 11.5. The summed E-state index contributed by atoms with van der Waals surface area (Å²) in [5, 5.41) is 3.13. The highest BCUT2D eigenvalue weighted by Crippen LogP contribution is 2.37. The normalized spacial score (nSPS) is 16.1. The Hall–Kier alpha value is -3.36. The summed E-state index contributed by atoms with van der Waals surface area (Å²) in [5.74, 6) is 1.17. The summed E-state index contributed by atoms with van der Waals surface area (Å²) in [5.41, 5.74) is 2.67. The predicted molar refractivity (Wildman–Crippen MR) is 132 cm³/mol. The Morgan fingerprint density at radius 2 is 1.97 bits per heavy atom. The lowest BCUT2D eigenvalue weighted by Crippen LogP contribution is -2.29. The van der Waals surface area contributed by atoms with Crippen LogP contribution in [0.15, 0.2) is 76.5 Å². The maximum absolute atomic E-state index is 13.1. The molecule has 1 aliphatic rings. The predicted octanol–water partition coefficient (Wildman–Crippen LogP) is 5.62. The minimum absolute atomic E-state index is 0.133. The summed E-state index contributed by atoms with van der Waals surface area (Å²) in [6.45, 7) is 4.13. The fraction of sp³-hybridized carbons (Fsp3) is 0.125. The van der Waals surface area contributed by atoms with Gasteiger partial charge in [0.15, 0.2) is 5.17 Å². The van der Waals surface area contributed by atoms with Crippen LogP contribution in [0.3, 0.4) is 0 Å². The number of aliphatic imine (C=N–C) groups is 1. The number of amides is 1. The number of aromatic nitrogens is 1. The average Bonchev–Trinajstić information content (AvgIpc) is 3.41. The van der Waals surface area contributed by atoms with E-state index in [-0.39, 0.29) is 5.91 Å². The average molecular weight is 464 g/mol. The summed E-state index contributed by atoms with van der Waals surface area (Å²) in [6.07, 6.45) is 3.49. The van der Waals surface area contributed by atoms with Gasteiger partial charge < -0.3 is 9.47 Å². The highest BCUT2D eigenvalue weighted by atomic mass is 32.2. The molecule has 0 atom stereocenters. The maximum Gasteiger partial charge on any atom is 0.267 e. The van der Waals surface area contributed by atoms with Gasteiger partial charge in [-0.25, -0.2) is 4.98 Å². The Morgan fingerprint density at radius 1 is 1.16 bits per heavy atom. The van der Waals surface area contributed by atoms with E-state index in [4.69, 9.17) is 9.47 Å². The molecule has 1 fully saturated rings. The molecule has 4 rings (SSSR count). The van der Waals surface area contributed by atoms with Gasteiger partial charge in [0.1, 0.15) is 11.5 Å². The zero-order valence-electron chi connectivity index (χ0n) is 17.6.